The summed E-state index contributed by atoms with van der Waals surface area (Å²) >= 11 is 0. The smallest absolute Gasteiger partial charge is 0.255 e. The summed E-state index contributed by atoms with van der Waals surface area (Å²) < 4.78 is 31.4. The van der Waals surface area contributed by atoms with E-state index in [2.05, 4.69) is 20.2 Å². The van der Waals surface area contributed by atoms with Crippen LogP contribution in [0.2, 0.25) is 0 Å². The van der Waals surface area contributed by atoms with Crippen molar-refractivity contribution in [3.8, 4) is 0 Å². The maximum absolute atomic E-state index is 12.3. The number of methoxy groups -OCH3 is 1. The van der Waals surface area contributed by atoms with E-state index in [1.807, 2.05) is 6.07 Å². The van der Waals surface area contributed by atoms with Gasteiger partial charge in [0.2, 0.25) is 10.0 Å². The Bertz CT molecular complexity index is 1010. The van der Waals surface area contributed by atoms with Gasteiger partial charge in [0.25, 0.3) is 5.91 Å². The normalized spacial score (nSPS) is 11.6. The number of fused-ring (bicyclic) bond motifs is 1. The second-order valence-corrected chi connectivity index (χ2v) is 7.31. The molecular weight excluding hydrogens is 356 g/mol. The highest BCUT2D eigenvalue weighted by molar-refractivity contribution is 7.89. The number of ether oxygens (including phenoxy) is 1. The molecule has 0 atom stereocenters. The molecule has 0 unspecified atom stereocenters. The molecule has 2 aromatic carbocycles. The summed E-state index contributed by atoms with van der Waals surface area (Å²) in [4.78, 5) is 12.4. The van der Waals surface area contributed by atoms with Crippen LogP contribution < -0.4 is 10.0 Å². The van der Waals surface area contributed by atoms with Gasteiger partial charge in [-0.15, -0.1) is 0 Å². The van der Waals surface area contributed by atoms with Crippen molar-refractivity contribution in [2.75, 3.05) is 25.6 Å². The quantitative estimate of drug-likeness (QED) is 0.545. The second-order valence-electron chi connectivity index (χ2n) is 5.54. The van der Waals surface area contributed by atoms with E-state index >= 15 is 0 Å². The van der Waals surface area contributed by atoms with Gasteiger partial charge in [0.05, 0.1) is 23.2 Å². The number of hydrogen-bond acceptors (Lipinski definition) is 5. The van der Waals surface area contributed by atoms with Gasteiger partial charge in [-0.1, -0.05) is 0 Å². The molecule has 3 N–H and O–H groups in total. The number of sulfonamides is 1. The first kappa shape index (κ1) is 18.1. The van der Waals surface area contributed by atoms with Gasteiger partial charge in [-0.3, -0.25) is 9.89 Å². The fourth-order valence-electron chi connectivity index (χ4n) is 2.37. The summed E-state index contributed by atoms with van der Waals surface area (Å²) in [6, 6.07) is 11.1. The molecule has 9 heteroatoms. The number of H-pyrrole nitrogens is 1. The number of rotatable bonds is 7. The van der Waals surface area contributed by atoms with Crippen molar-refractivity contribution in [1.29, 1.82) is 0 Å². The summed E-state index contributed by atoms with van der Waals surface area (Å²) in [6.07, 6.45) is 1.67. The molecule has 0 aliphatic heterocycles. The summed E-state index contributed by atoms with van der Waals surface area (Å²) in [5.41, 5.74) is 1.86. The van der Waals surface area contributed by atoms with Crippen molar-refractivity contribution in [2.45, 2.75) is 4.90 Å². The molecule has 0 spiro atoms. The third-order valence-electron chi connectivity index (χ3n) is 3.72. The number of amides is 1. The van der Waals surface area contributed by atoms with Crippen LogP contribution in [0.25, 0.3) is 10.9 Å². The van der Waals surface area contributed by atoms with Crippen LogP contribution in [0.5, 0.6) is 0 Å². The first-order valence-corrected chi connectivity index (χ1v) is 9.31. The van der Waals surface area contributed by atoms with Crippen molar-refractivity contribution < 1.29 is 17.9 Å². The zero-order valence-corrected chi connectivity index (χ0v) is 14.8. The van der Waals surface area contributed by atoms with E-state index in [0.29, 0.717) is 11.3 Å². The number of carbonyl (C=O) groups is 1. The van der Waals surface area contributed by atoms with Crippen LogP contribution in [-0.2, 0) is 14.8 Å². The maximum Gasteiger partial charge on any atom is 0.255 e. The van der Waals surface area contributed by atoms with Crippen molar-refractivity contribution in [2.24, 2.45) is 0 Å². The highest BCUT2D eigenvalue weighted by Crippen LogP contribution is 2.18. The molecule has 1 heterocycles. The molecular formula is C17H18N4O4S. The number of hydrogen-bond donors (Lipinski definition) is 3. The minimum Gasteiger partial charge on any atom is -0.383 e. The molecule has 0 bridgehead atoms. The molecule has 0 aliphatic rings. The van der Waals surface area contributed by atoms with Crippen LogP contribution in [0.3, 0.4) is 0 Å². The van der Waals surface area contributed by atoms with E-state index < -0.39 is 10.0 Å². The van der Waals surface area contributed by atoms with E-state index in [-0.39, 0.29) is 24.0 Å². The average Bonchev–Trinajstić information content (AvgIpc) is 3.10. The molecule has 3 rings (SSSR count). The minimum absolute atomic E-state index is 0.0879. The SMILES string of the molecule is COCCNS(=O)(=O)c1ccc(C(=O)Nc2ccc3[nH]ncc3c2)cc1. The van der Waals surface area contributed by atoms with E-state index in [4.69, 9.17) is 4.74 Å². The summed E-state index contributed by atoms with van der Waals surface area (Å²) in [5.74, 6) is -0.330. The third-order valence-corrected chi connectivity index (χ3v) is 5.20. The van der Waals surface area contributed by atoms with Crippen LogP contribution in [0.15, 0.2) is 53.6 Å². The Morgan fingerprint density at radius 3 is 2.69 bits per heavy atom. The van der Waals surface area contributed by atoms with Gasteiger partial charge in [0, 0.05) is 30.3 Å². The number of aromatic nitrogens is 2. The van der Waals surface area contributed by atoms with Crippen molar-refractivity contribution in [1.82, 2.24) is 14.9 Å². The van der Waals surface area contributed by atoms with Gasteiger partial charge < -0.3 is 10.1 Å². The first-order valence-electron chi connectivity index (χ1n) is 7.83. The summed E-state index contributed by atoms with van der Waals surface area (Å²) in [6.45, 7) is 0.457. The number of anilines is 1. The van der Waals surface area contributed by atoms with Crippen molar-refractivity contribution in [3.05, 3.63) is 54.2 Å². The average molecular weight is 374 g/mol. The van der Waals surface area contributed by atoms with Gasteiger partial charge >= 0.3 is 0 Å². The van der Waals surface area contributed by atoms with Crippen LogP contribution >= 0.6 is 0 Å². The Morgan fingerprint density at radius 2 is 1.96 bits per heavy atom. The van der Waals surface area contributed by atoms with E-state index in [0.717, 1.165) is 10.9 Å². The molecule has 8 nitrogen and oxygen atoms in total. The number of carbonyl (C=O) groups excluding carboxylic acids is 1. The summed E-state index contributed by atoms with van der Waals surface area (Å²) in [7, 11) is -2.13. The number of benzene rings is 2. The van der Waals surface area contributed by atoms with E-state index in [1.165, 1.54) is 31.4 Å². The molecule has 1 aromatic heterocycles. The number of nitrogens with zero attached hydrogens (tertiary/aromatic N) is 1. The predicted octanol–water partition coefficient (Wildman–Crippen LogP) is 1.74. The minimum atomic E-state index is -3.62. The Labute approximate surface area is 150 Å². The maximum atomic E-state index is 12.3. The lowest BCUT2D eigenvalue weighted by Gasteiger charge is -2.08. The summed E-state index contributed by atoms with van der Waals surface area (Å²) in [5, 5.41) is 10.4. The molecule has 0 radical (unpaired) electrons. The molecule has 136 valence electrons. The molecule has 0 saturated heterocycles. The van der Waals surface area contributed by atoms with Gasteiger partial charge in [-0.2, -0.15) is 5.10 Å². The van der Waals surface area contributed by atoms with Crippen LogP contribution in [0.1, 0.15) is 10.4 Å². The largest absolute Gasteiger partial charge is 0.383 e. The van der Waals surface area contributed by atoms with E-state index in [9.17, 15) is 13.2 Å². The molecule has 0 aliphatic carbocycles. The topological polar surface area (TPSA) is 113 Å². The number of nitrogens with one attached hydrogen (secondary N) is 3. The Morgan fingerprint density at radius 1 is 1.19 bits per heavy atom. The lowest BCUT2D eigenvalue weighted by molar-refractivity contribution is 0.102. The predicted molar refractivity (Wildman–Crippen MR) is 97.6 cm³/mol. The highest BCUT2D eigenvalue weighted by atomic mass is 32.2. The monoisotopic (exact) mass is 374 g/mol. The van der Waals surface area contributed by atoms with Crippen LogP contribution in [0, 0.1) is 0 Å². The van der Waals surface area contributed by atoms with Gasteiger partial charge in [-0.25, -0.2) is 13.1 Å². The molecule has 26 heavy (non-hydrogen) atoms. The third kappa shape index (κ3) is 4.07. The second kappa shape index (κ2) is 7.65. The van der Waals surface area contributed by atoms with Gasteiger partial charge in [0.1, 0.15) is 0 Å². The highest BCUT2D eigenvalue weighted by Gasteiger charge is 2.14. The van der Waals surface area contributed by atoms with Crippen molar-refractivity contribution >= 4 is 32.5 Å². The standard InChI is InChI=1S/C17H18N4O4S/c1-25-9-8-19-26(23,24)15-5-2-12(3-6-15)17(22)20-14-4-7-16-13(10-14)11-18-21-16/h2-7,10-11,19H,8-9H2,1H3,(H,18,21)(H,20,22). The van der Waals surface area contributed by atoms with E-state index in [1.54, 1.807) is 18.3 Å². The Kier molecular flexibility index (Phi) is 5.31. The van der Waals surface area contributed by atoms with Gasteiger partial charge in [0.15, 0.2) is 0 Å². The Hall–Kier alpha value is -2.75. The van der Waals surface area contributed by atoms with Crippen LogP contribution in [-0.4, -0.2) is 44.8 Å². The molecule has 0 saturated carbocycles. The lowest BCUT2D eigenvalue weighted by atomic mass is 10.2. The number of aromatic amines is 1. The van der Waals surface area contributed by atoms with Crippen LogP contribution in [0.4, 0.5) is 5.69 Å². The fraction of sp³-hybridized carbons (Fsp3) is 0.176. The Balaban J connectivity index is 1.70. The molecule has 3 aromatic rings. The van der Waals surface area contributed by atoms with Crippen molar-refractivity contribution in [3.63, 3.8) is 0 Å². The first-order chi connectivity index (χ1) is 12.5. The van der Waals surface area contributed by atoms with Gasteiger partial charge in [-0.05, 0) is 42.5 Å². The zero-order valence-electron chi connectivity index (χ0n) is 14.0. The molecule has 1 amide bonds. The lowest BCUT2D eigenvalue weighted by Crippen LogP contribution is -2.27. The fourth-order valence-corrected chi connectivity index (χ4v) is 3.38. The molecule has 0 fully saturated rings. The zero-order chi connectivity index (χ0) is 18.6.